The molecule has 158 valence electrons. The van der Waals surface area contributed by atoms with E-state index < -0.39 is 0 Å². The molecule has 0 amide bonds. The summed E-state index contributed by atoms with van der Waals surface area (Å²) in [5.74, 6) is 2.22. The quantitative estimate of drug-likeness (QED) is 0.359. The predicted octanol–water partition coefficient (Wildman–Crippen LogP) is 1.65. The van der Waals surface area contributed by atoms with Crippen LogP contribution in [0.1, 0.15) is 18.1 Å². The van der Waals surface area contributed by atoms with Crippen LogP contribution in [0.3, 0.4) is 0 Å². The molecule has 7 nitrogen and oxygen atoms in total. The van der Waals surface area contributed by atoms with Gasteiger partial charge in [0.15, 0.2) is 5.96 Å². The van der Waals surface area contributed by atoms with Crippen LogP contribution < -0.4 is 15.4 Å². The topological polar surface area (TPSA) is 67.4 Å². The van der Waals surface area contributed by atoms with E-state index in [1.165, 1.54) is 5.56 Å². The fourth-order valence-corrected chi connectivity index (χ4v) is 3.14. The van der Waals surface area contributed by atoms with Crippen molar-refractivity contribution in [2.45, 2.75) is 20.4 Å². The van der Waals surface area contributed by atoms with Crippen LogP contribution in [0.15, 0.2) is 23.2 Å². The number of rotatable bonds is 10. The van der Waals surface area contributed by atoms with Crippen LogP contribution >= 0.6 is 0 Å². The van der Waals surface area contributed by atoms with Gasteiger partial charge in [-0.15, -0.1) is 0 Å². The molecule has 2 N–H and O–H groups in total. The van der Waals surface area contributed by atoms with Crippen molar-refractivity contribution >= 4 is 5.96 Å². The van der Waals surface area contributed by atoms with Gasteiger partial charge in [0.25, 0.3) is 0 Å². The minimum atomic E-state index is 0.531. The second-order valence-electron chi connectivity index (χ2n) is 7.28. The lowest BCUT2D eigenvalue weighted by Crippen LogP contribution is -2.43. The normalized spacial score (nSPS) is 16.6. The Hall–Kier alpha value is -1.83. The molecule has 7 heteroatoms. The number of aliphatic imine (C=N–C) groups is 1. The minimum absolute atomic E-state index is 0.531. The zero-order valence-corrected chi connectivity index (χ0v) is 17.8. The first-order valence-electron chi connectivity index (χ1n) is 10.1. The molecule has 0 spiro atoms. The van der Waals surface area contributed by atoms with E-state index in [-0.39, 0.29) is 0 Å². The van der Waals surface area contributed by atoms with Crippen LogP contribution in [-0.2, 0) is 16.0 Å². The molecule has 28 heavy (non-hydrogen) atoms. The van der Waals surface area contributed by atoms with Gasteiger partial charge in [-0.25, -0.2) is 0 Å². The first-order valence-corrected chi connectivity index (χ1v) is 10.1. The Labute approximate surface area is 169 Å². The average Bonchev–Trinajstić information content (AvgIpc) is 2.70. The van der Waals surface area contributed by atoms with Gasteiger partial charge in [-0.05, 0) is 24.5 Å². The van der Waals surface area contributed by atoms with E-state index in [1.807, 2.05) is 0 Å². The smallest absolute Gasteiger partial charge is 0.191 e. The number of nitrogens with one attached hydrogen (secondary N) is 2. The maximum Gasteiger partial charge on any atom is 0.191 e. The average molecular weight is 393 g/mol. The first-order chi connectivity index (χ1) is 13.6. The highest BCUT2D eigenvalue weighted by atomic mass is 16.5. The molecule has 0 aliphatic carbocycles. The number of ether oxygens (including phenoxy) is 3. The highest BCUT2D eigenvalue weighted by molar-refractivity contribution is 5.79. The maximum atomic E-state index is 5.87. The zero-order chi connectivity index (χ0) is 20.2. The fraction of sp³-hybridized carbons (Fsp3) is 0.667. The summed E-state index contributed by atoms with van der Waals surface area (Å²) >= 11 is 0. The molecule has 1 unspecified atom stereocenters. The first kappa shape index (κ1) is 22.5. The molecule has 1 fully saturated rings. The molecule has 0 aromatic heterocycles. The van der Waals surface area contributed by atoms with E-state index in [0.29, 0.717) is 25.7 Å². The van der Waals surface area contributed by atoms with Gasteiger partial charge in [-0.2, -0.15) is 0 Å². The molecular weight excluding hydrogens is 356 g/mol. The van der Waals surface area contributed by atoms with Gasteiger partial charge in [0.05, 0.1) is 19.8 Å². The highest BCUT2D eigenvalue weighted by Crippen LogP contribution is 2.20. The molecular formula is C21H36N4O3. The van der Waals surface area contributed by atoms with E-state index in [2.05, 4.69) is 52.6 Å². The highest BCUT2D eigenvalue weighted by Gasteiger charge is 2.14. The molecule has 0 bridgehead atoms. The lowest BCUT2D eigenvalue weighted by Gasteiger charge is -2.29. The van der Waals surface area contributed by atoms with Crippen molar-refractivity contribution in [1.82, 2.24) is 15.5 Å². The number of methoxy groups -OCH3 is 1. The van der Waals surface area contributed by atoms with Gasteiger partial charge >= 0.3 is 0 Å². The Morgan fingerprint density at radius 2 is 2.04 bits per heavy atom. The molecule has 0 saturated carbocycles. The predicted molar refractivity (Wildman–Crippen MR) is 113 cm³/mol. The van der Waals surface area contributed by atoms with Crippen molar-refractivity contribution in [3.63, 3.8) is 0 Å². The van der Waals surface area contributed by atoms with E-state index >= 15 is 0 Å². The number of guanidine groups is 1. The maximum absolute atomic E-state index is 5.87. The monoisotopic (exact) mass is 392 g/mol. The molecule has 1 atom stereocenters. The molecule has 1 aromatic carbocycles. The lowest BCUT2D eigenvalue weighted by atomic mass is 10.1. The van der Waals surface area contributed by atoms with Crippen molar-refractivity contribution in [1.29, 1.82) is 0 Å². The van der Waals surface area contributed by atoms with Crippen LogP contribution in [0.4, 0.5) is 0 Å². The number of nitrogens with zero attached hydrogens (tertiary/aromatic N) is 2. The number of benzene rings is 1. The van der Waals surface area contributed by atoms with Crippen molar-refractivity contribution in [2.24, 2.45) is 10.9 Å². The zero-order valence-electron chi connectivity index (χ0n) is 17.8. The summed E-state index contributed by atoms with van der Waals surface area (Å²) in [4.78, 5) is 6.80. The number of hydrogen-bond acceptors (Lipinski definition) is 5. The molecule has 1 saturated heterocycles. The van der Waals surface area contributed by atoms with Crippen molar-refractivity contribution < 1.29 is 14.2 Å². The summed E-state index contributed by atoms with van der Waals surface area (Å²) < 4.78 is 16.4. The van der Waals surface area contributed by atoms with Gasteiger partial charge < -0.3 is 24.8 Å². The third kappa shape index (κ3) is 8.04. The lowest BCUT2D eigenvalue weighted by molar-refractivity contribution is 0.0320. The Bertz CT molecular complexity index is 603. The van der Waals surface area contributed by atoms with Crippen LogP contribution in [0.25, 0.3) is 0 Å². The third-order valence-electron chi connectivity index (χ3n) is 4.73. The molecule has 0 radical (unpaired) electrons. The van der Waals surface area contributed by atoms with Crippen molar-refractivity contribution in [3.05, 3.63) is 29.3 Å². The second-order valence-corrected chi connectivity index (χ2v) is 7.28. The van der Waals surface area contributed by atoms with Gasteiger partial charge in [0.1, 0.15) is 12.4 Å². The van der Waals surface area contributed by atoms with Gasteiger partial charge in [0, 0.05) is 52.4 Å². The molecule has 2 rings (SSSR count). The number of aryl methyl sites for hydroxylation is 1. The van der Waals surface area contributed by atoms with Gasteiger partial charge in [-0.3, -0.25) is 9.89 Å². The molecule has 1 aliphatic rings. The summed E-state index contributed by atoms with van der Waals surface area (Å²) in [6, 6.07) is 6.26. The molecule has 1 aromatic rings. The minimum Gasteiger partial charge on any atom is -0.491 e. The molecule has 1 aliphatic heterocycles. The van der Waals surface area contributed by atoms with Gasteiger partial charge in [0.2, 0.25) is 0 Å². The number of hydrogen-bond donors (Lipinski definition) is 2. The van der Waals surface area contributed by atoms with Crippen LogP contribution in [0.5, 0.6) is 5.75 Å². The van der Waals surface area contributed by atoms with Crippen LogP contribution in [0.2, 0.25) is 0 Å². The summed E-state index contributed by atoms with van der Waals surface area (Å²) in [5.41, 5.74) is 2.28. The fourth-order valence-electron chi connectivity index (χ4n) is 3.14. The summed E-state index contributed by atoms with van der Waals surface area (Å²) in [6.07, 6.45) is 0. The van der Waals surface area contributed by atoms with Crippen molar-refractivity contribution in [2.75, 3.05) is 66.8 Å². The van der Waals surface area contributed by atoms with Gasteiger partial charge in [-0.1, -0.05) is 19.1 Å². The summed E-state index contributed by atoms with van der Waals surface area (Å²) in [5, 5.41) is 6.82. The van der Waals surface area contributed by atoms with E-state index in [9.17, 15) is 0 Å². The number of morpholine rings is 1. The second kappa shape index (κ2) is 12.6. The standard InChI is InChI=1S/C21H36N4O3/c1-17-5-6-19(20(13-17)28-12-11-26-4)15-24-21(22-3)23-14-18(2)16-25-7-9-27-10-8-25/h5-6,13,18H,7-12,14-16H2,1-4H3,(H2,22,23,24). The van der Waals surface area contributed by atoms with E-state index in [1.54, 1.807) is 14.2 Å². The van der Waals surface area contributed by atoms with Crippen LogP contribution in [0, 0.1) is 12.8 Å². The Morgan fingerprint density at radius 1 is 1.25 bits per heavy atom. The third-order valence-corrected chi connectivity index (χ3v) is 4.73. The Balaban J connectivity index is 1.79. The summed E-state index contributed by atoms with van der Waals surface area (Å²) in [7, 11) is 3.48. The Kier molecular flexibility index (Phi) is 10.1. The largest absolute Gasteiger partial charge is 0.491 e. The Morgan fingerprint density at radius 3 is 2.75 bits per heavy atom. The van der Waals surface area contributed by atoms with Crippen molar-refractivity contribution in [3.8, 4) is 5.75 Å². The molecule has 1 heterocycles. The van der Waals surface area contributed by atoms with Crippen LogP contribution in [-0.4, -0.2) is 77.6 Å². The summed E-state index contributed by atoms with van der Waals surface area (Å²) in [6.45, 7) is 11.8. The van der Waals surface area contributed by atoms with E-state index in [0.717, 1.165) is 56.7 Å². The SMILES string of the molecule is CN=C(NCc1ccc(C)cc1OCCOC)NCC(C)CN1CCOCC1. The van der Waals surface area contributed by atoms with E-state index in [4.69, 9.17) is 14.2 Å².